The Morgan fingerprint density at radius 1 is 1.38 bits per heavy atom. The zero-order valence-electron chi connectivity index (χ0n) is 15.3. The van der Waals surface area contributed by atoms with Crippen molar-refractivity contribution in [2.45, 2.75) is 44.8 Å². The smallest absolute Gasteiger partial charge is 0.312 e. The highest BCUT2D eigenvalue weighted by Gasteiger charge is 2.67. The van der Waals surface area contributed by atoms with E-state index in [-0.39, 0.29) is 18.0 Å². The average molecular weight is 355 g/mol. The first-order valence-electron chi connectivity index (χ1n) is 9.47. The molecule has 1 aromatic carbocycles. The number of aryl methyl sites for hydroxylation is 1. The molecule has 0 aliphatic carbocycles. The maximum Gasteiger partial charge on any atom is 0.312 e. The van der Waals surface area contributed by atoms with E-state index >= 15 is 0 Å². The van der Waals surface area contributed by atoms with Gasteiger partial charge < -0.3 is 14.4 Å². The van der Waals surface area contributed by atoms with Gasteiger partial charge in [-0.1, -0.05) is 44.1 Å². The third kappa shape index (κ3) is 2.65. The van der Waals surface area contributed by atoms with Gasteiger partial charge in [-0.05, 0) is 31.0 Å². The number of benzene rings is 1. The molecule has 3 aliphatic rings. The number of amides is 1. The minimum Gasteiger partial charge on any atom is -0.465 e. The van der Waals surface area contributed by atoms with Gasteiger partial charge >= 0.3 is 5.97 Å². The summed E-state index contributed by atoms with van der Waals surface area (Å²) >= 11 is 0. The fourth-order valence-corrected chi connectivity index (χ4v) is 4.40. The van der Waals surface area contributed by atoms with Gasteiger partial charge in [-0.25, -0.2) is 0 Å². The van der Waals surface area contributed by atoms with Crippen LogP contribution in [0, 0.1) is 18.8 Å². The van der Waals surface area contributed by atoms with Crippen molar-refractivity contribution >= 4 is 17.6 Å². The fraction of sp³-hybridized carbons (Fsp3) is 0.524. The third-order valence-corrected chi connectivity index (χ3v) is 5.68. The summed E-state index contributed by atoms with van der Waals surface area (Å²) in [6.45, 7) is 4.97. The van der Waals surface area contributed by atoms with Crippen molar-refractivity contribution in [3.05, 3.63) is 42.0 Å². The Balaban J connectivity index is 1.55. The highest BCUT2D eigenvalue weighted by molar-refractivity contribution is 6.02. The van der Waals surface area contributed by atoms with E-state index in [1.165, 1.54) is 0 Å². The lowest BCUT2D eigenvalue weighted by Crippen LogP contribution is -2.40. The van der Waals surface area contributed by atoms with Gasteiger partial charge in [0.15, 0.2) is 0 Å². The Kier molecular flexibility index (Phi) is 4.35. The van der Waals surface area contributed by atoms with Gasteiger partial charge in [0.05, 0.1) is 25.2 Å². The van der Waals surface area contributed by atoms with Crippen LogP contribution in [0.2, 0.25) is 0 Å². The first kappa shape index (κ1) is 17.3. The predicted octanol–water partition coefficient (Wildman–Crippen LogP) is 3.01. The van der Waals surface area contributed by atoms with Gasteiger partial charge in [-0.15, -0.1) is 0 Å². The van der Waals surface area contributed by atoms with Crippen molar-refractivity contribution in [1.82, 2.24) is 0 Å². The van der Waals surface area contributed by atoms with Gasteiger partial charge in [-0.2, -0.15) is 0 Å². The molecule has 2 fully saturated rings. The standard InChI is InChI=1S/C21H25NO4/c1-3-4-5-11-25-20(24)17-16-9-10-21(26-16)13-22(19(23)18(17)21)15-8-6-7-14(2)12-15/h6-10,12,16-18H,3-5,11,13H2,1-2H3/t16-,17-,18-,21-/m0/s1. The molecule has 0 unspecified atom stereocenters. The molecule has 0 aromatic heterocycles. The summed E-state index contributed by atoms with van der Waals surface area (Å²) in [5.74, 6) is -1.37. The highest BCUT2D eigenvalue weighted by Crippen LogP contribution is 2.52. The molecule has 3 heterocycles. The minimum atomic E-state index is -0.696. The van der Waals surface area contributed by atoms with E-state index in [1.54, 1.807) is 4.90 Å². The van der Waals surface area contributed by atoms with E-state index in [0.717, 1.165) is 30.5 Å². The highest BCUT2D eigenvalue weighted by atomic mass is 16.6. The number of esters is 1. The van der Waals surface area contributed by atoms with Crippen LogP contribution in [0.15, 0.2) is 36.4 Å². The molecule has 1 amide bonds. The molecule has 26 heavy (non-hydrogen) atoms. The van der Waals surface area contributed by atoms with Crippen LogP contribution in [0.25, 0.3) is 0 Å². The molecule has 0 radical (unpaired) electrons. The average Bonchev–Trinajstić information content (AvgIpc) is 3.27. The van der Waals surface area contributed by atoms with Gasteiger partial charge in [0.25, 0.3) is 0 Å². The Hall–Kier alpha value is -2.14. The maximum atomic E-state index is 13.2. The topological polar surface area (TPSA) is 55.8 Å². The molecule has 3 aliphatic heterocycles. The number of anilines is 1. The van der Waals surface area contributed by atoms with Crippen LogP contribution in [0.5, 0.6) is 0 Å². The molecule has 4 atom stereocenters. The quantitative estimate of drug-likeness (QED) is 0.447. The molecule has 1 aromatic rings. The van der Waals surface area contributed by atoms with Crippen molar-refractivity contribution in [3.8, 4) is 0 Å². The molecule has 2 saturated heterocycles. The molecule has 0 saturated carbocycles. The predicted molar refractivity (Wildman–Crippen MR) is 97.7 cm³/mol. The van der Waals surface area contributed by atoms with Crippen LogP contribution in [-0.4, -0.2) is 36.7 Å². The van der Waals surface area contributed by atoms with Gasteiger partial charge in [0, 0.05) is 5.69 Å². The third-order valence-electron chi connectivity index (χ3n) is 5.68. The van der Waals surface area contributed by atoms with Crippen LogP contribution in [-0.2, 0) is 19.1 Å². The summed E-state index contributed by atoms with van der Waals surface area (Å²) in [6.07, 6.45) is 6.51. The Labute approximate surface area is 154 Å². The molecule has 0 N–H and O–H groups in total. The Morgan fingerprint density at radius 3 is 3.00 bits per heavy atom. The molecule has 2 bridgehead atoms. The van der Waals surface area contributed by atoms with E-state index in [0.29, 0.717) is 13.2 Å². The molecule has 138 valence electrons. The van der Waals surface area contributed by atoms with E-state index < -0.39 is 17.4 Å². The van der Waals surface area contributed by atoms with Crippen molar-refractivity contribution in [2.75, 3.05) is 18.1 Å². The first-order valence-corrected chi connectivity index (χ1v) is 9.47. The van der Waals surface area contributed by atoms with E-state index in [2.05, 4.69) is 6.92 Å². The van der Waals surface area contributed by atoms with Crippen molar-refractivity contribution in [3.63, 3.8) is 0 Å². The zero-order chi connectivity index (χ0) is 18.3. The second-order valence-electron chi connectivity index (χ2n) is 7.54. The lowest BCUT2D eigenvalue weighted by molar-refractivity contribution is -0.152. The SMILES string of the molecule is CCCCCOC(=O)[C@H]1[C@@H]2C=C[C@@]3(CN(c4cccc(C)c4)C(=O)[C@H]13)O2. The van der Waals surface area contributed by atoms with Crippen molar-refractivity contribution < 1.29 is 19.1 Å². The molecular weight excluding hydrogens is 330 g/mol. The molecule has 1 spiro atoms. The Morgan fingerprint density at radius 2 is 2.23 bits per heavy atom. The summed E-state index contributed by atoms with van der Waals surface area (Å²) in [6, 6.07) is 7.86. The monoisotopic (exact) mass is 355 g/mol. The van der Waals surface area contributed by atoms with E-state index in [9.17, 15) is 9.59 Å². The molecule has 5 nitrogen and oxygen atoms in total. The van der Waals surface area contributed by atoms with Crippen LogP contribution >= 0.6 is 0 Å². The second-order valence-corrected chi connectivity index (χ2v) is 7.54. The minimum absolute atomic E-state index is 0.0436. The van der Waals surface area contributed by atoms with E-state index in [4.69, 9.17) is 9.47 Å². The zero-order valence-corrected chi connectivity index (χ0v) is 15.3. The fourth-order valence-electron chi connectivity index (χ4n) is 4.40. The number of carbonyl (C=O) groups is 2. The number of hydrogen-bond acceptors (Lipinski definition) is 4. The van der Waals surface area contributed by atoms with Crippen LogP contribution in [0.3, 0.4) is 0 Å². The summed E-state index contributed by atoms with van der Waals surface area (Å²) < 4.78 is 11.6. The van der Waals surface area contributed by atoms with Crippen LogP contribution < -0.4 is 4.90 Å². The van der Waals surface area contributed by atoms with Crippen LogP contribution in [0.1, 0.15) is 31.7 Å². The summed E-state index contributed by atoms with van der Waals surface area (Å²) in [4.78, 5) is 27.6. The number of nitrogens with zero attached hydrogens (tertiary/aromatic N) is 1. The normalized spacial score (nSPS) is 31.5. The van der Waals surface area contributed by atoms with Gasteiger partial charge in [-0.3, -0.25) is 9.59 Å². The number of hydrogen-bond donors (Lipinski definition) is 0. The van der Waals surface area contributed by atoms with Crippen LogP contribution in [0.4, 0.5) is 5.69 Å². The lowest BCUT2D eigenvalue weighted by atomic mass is 9.77. The summed E-state index contributed by atoms with van der Waals surface area (Å²) in [5, 5.41) is 0. The number of ether oxygens (including phenoxy) is 2. The van der Waals surface area contributed by atoms with E-state index in [1.807, 2.05) is 43.3 Å². The molecular formula is C21H25NO4. The largest absolute Gasteiger partial charge is 0.465 e. The number of rotatable bonds is 6. The Bertz CT molecular complexity index is 758. The number of carbonyl (C=O) groups excluding carboxylic acids is 2. The maximum absolute atomic E-state index is 13.2. The summed E-state index contributed by atoms with van der Waals surface area (Å²) in [7, 11) is 0. The summed E-state index contributed by atoms with van der Waals surface area (Å²) in [5.41, 5.74) is 1.25. The van der Waals surface area contributed by atoms with Gasteiger partial charge in [0.1, 0.15) is 11.5 Å². The molecule has 5 heteroatoms. The number of fused-ring (bicyclic) bond motifs is 1. The first-order chi connectivity index (χ1) is 12.6. The van der Waals surface area contributed by atoms with Crippen molar-refractivity contribution in [2.24, 2.45) is 11.8 Å². The molecule has 4 rings (SSSR count). The van der Waals surface area contributed by atoms with Crippen molar-refractivity contribution in [1.29, 1.82) is 0 Å². The number of unbranched alkanes of at least 4 members (excludes halogenated alkanes) is 2. The van der Waals surface area contributed by atoms with Gasteiger partial charge in [0.2, 0.25) is 5.91 Å². The second kappa shape index (κ2) is 6.54. The lowest BCUT2D eigenvalue weighted by Gasteiger charge is -2.22.